The van der Waals surface area contributed by atoms with E-state index in [0.29, 0.717) is 6.10 Å². The fraction of sp³-hybridized carbons (Fsp3) is 1.00. The first-order chi connectivity index (χ1) is 7.78. The minimum absolute atomic E-state index is 0.541. The van der Waals surface area contributed by atoms with Gasteiger partial charge < -0.3 is 4.74 Å². The van der Waals surface area contributed by atoms with E-state index >= 15 is 0 Å². The number of rotatable bonds is 2. The lowest BCUT2D eigenvalue weighted by Crippen LogP contribution is -2.61. The van der Waals surface area contributed by atoms with E-state index in [4.69, 9.17) is 4.74 Å². The van der Waals surface area contributed by atoms with E-state index in [1.807, 2.05) is 7.11 Å². The van der Waals surface area contributed by atoms with Crippen LogP contribution in [0.5, 0.6) is 0 Å². The van der Waals surface area contributed by atoms with Gasteiger partial charge in [0, 0.05) is 38.3 Å². The SMILES string of the molecule is COC1CC(N2CC3CCCN3CC2C)C1. The minimum atomic E-state index is 0.541. The van der Waals surface area contributed by atoms with Crippen LogP contribution in [0.3, 0.4) is 0 Å². The molecule has 0 bridgehead atoms. The molecule has 2 aliphatic heterocycles. The lowest BCUT2D eigenvalue weighted by atomic mass is 9.86. The molecule has 2 unspecified atom stereocenters. The van der Waals surface area contributed by atoms with Crippen molar-refractivity contribution in [3.05, 3.63) is 0 Å². The highest BCUT2D eigenvalue weighted by molar-refractivity contribution is 4.97. The first-order valence-electron chi connectivity index (χ1n) is 6.80. The second-order valence-corrected chi connectivity index (χ2v) is 5.82. The Bertz CT molecular complexity index is 252. The third kappa shape index (κ3) is 1.79. The predicted molar refractivity (Wildman–Crippen MR) is 64.6 cm³/mol. The van der Waals surface area contributed by atoms with Crippen molar-refractivity contribution in [3.63, 3.8) is 0 Å². The number of piperazine rings is 1. The number of nitrogens with zero attached hydrogens (tertiary/aromatic N) is 2. The fourth-order valence-corrected chi connectivity index (χ4v) is 3.72. The summed E-state index contributed by atoms with van der Waals surface area (Å²) in [6.45, 7) is 6.34. The number of ether oxygens (including phenoxy) is 1. The van der Waals surface area contributed by atoms with Crippen LogP contribution in [0.4, 0.5) is 0 Å². The van der Waals surface area contributed by atoms with Crippen molar-refractivity contribution in [2.45, 2.75) is 56.8 Å². The number of hydrogen-bond donors (Lipinski definition) is 0. The van der Waals surface area contributed by atoms with E-state index in [-0.39, 0.29) is 0 Å². The van der Waals surface area contributed by atoms with Gasteiger partial charge in [-0.2, -0.15) is 0 Å². The van der Waals surface area contributed by atoms with Crippen LogP contribution in [0.15, 0.2) is 0 Å². The molecule has 1 aliphatic carbocycles. The van der Waals surface area contributed by atoms with Crippen molar-refractivity contribution in [1.29, 1.82) is 0 Å². The highest BCUT2D eigenvalue weighted by atomic mass is 16.5. The van der Waals surface area contributed by atoms with E-state index < -0.39 is 0 Å². The molecule has 1 saturated carbocycles. The summed E-state index contributed by atoms with van der Waals surface area (Å²) in [5, 5.41) is 0. The minimum Gasteiger partial charge on any atom is -0.381 e. The molecular formula is C13H24N2O. The molecule has 3 aliphatic rings. The van der Waals surface area contributed by atoms with Crippen LogP contribution in [0.2, 0.25) is 0 Å². The molecule has 0 aromatic heterocycles. The highest BCUT2D eigenvalue weighted by Crippen LogP contribution is 2.33. The van der Waals surface area contributed by atoms with Crippen molar-refractivity contribution in [2.75, 3.05) is 26.7 Å². The Morgan fingerprint density at radius 2 is 1.94 bits per heavy atom. The van der Waals surface area contributed by atoms with Gasteiger partial charge in [0.1, 0.15) is 0 Å². The molecule has 2 atom stereocenters. The van der Waals surface area contributed by atoms with E-state index in [1.54, 1.807) is 0 Å². The van der Waals surface area contributed by atoms with Gasteiger partial charge in [0.15, 0.2) is 0 Å². The van der Waals surface area contributed by atoms with Gasteiger partial charge in [0.05, 0.1) is 6.10 Å². The largest absolute Gasteiger partial charge is 0.381 e. The maximum atomic E-state index is 5.39. The average molecular weight is 224 g/mol. The molecule has 0 aromatic carbocycles. The Balaban J connectivity index is 1.59. The smallest absolute Gasteiger partial charge is 0.0601 e. The van der Waals surface area contributed by atoms with Crippen molar-refractivity contribution < 1.29 is 4.74 Å². The standard InChI is InChI=1S/C13H24N2O/c1-10-8-14-5-3-4-11(14)9-15(10)12-6-13(7-12)16-2/h10-13H,3-9H2,1-2H3. The van der Waals surface area contributed by atoms with Crippen molar-refractivity contribution in [2.24, 2.45) is 0 Å². The lowest BCUT2D eigenvalue weighted by molar-refractivity contribution is -0.0647. The van der Waals surface area contributed by atoms with Gasteiger partial charge in [-0.3, -0.25) is 9.80 Å². The molecule has 0 spiro atoms. The van der Waals surface area contributed by atoms with Gasteiger partial charge >= 0.3 is 0 Å². The molecule has 3 heteroatoms. The summed E-state index contributed by atoms with van der Waals surface area (Å²) in [6, 6.07) is 2.41. The van der Waals surface area contributed by atoms with Crippen LogP contribution < -0.4 is 0 Å². The Labute approximate surface area is 98.7 Å². The van der Waals surface area contributed by atoms with Gasteiger partial charge in [-0.05, 0) is 39.2 Å². The van der Waals surface area contributed by atoms with E-state index in [1.165, 1.54) is 45.3 Å². The Morgan fingerprint density at radius 1 is 1.12 bits per heavy atom. The quantitative estimate of drug-likeness (QED) is 0.704. The molecule has 16 heavy (non-hydrogen) atoms. The molecule has 0 aromatic rings. The predicted octanol–water partition coefficient (Wildman–Crippen LogP) is 1.33. The zero-order chi connectivity index (χ0) is 11.1. The van der Waals surface area contributed by atoms with Gasteiger partial charge in [-0.25, -0.2) is 0 Å². The first-order valence-corrected chi connectivity index (χ1v) is 6.80. The molecule has 3 fully saturated rings. The molecule has 2 saturated heterocycles. The Hall–Kier alpha value is -0.120. The van der Waals surface area contributed by atoms with Crippen LogP contribution in [0.1, 0.15) is 32.6 Å². The molecule has 0 N–H and O–H groups in total. The first kappa shape index (κ1) is 11.0. The summed E-state index contributed by atoms with van der Waals surface area (Å²) < 4.78 is 5.39. The van der Waals surface area contributed by atoms with Crippen molar-refractivity contribution in [3.8, 4) is 0 Å². The fourth-order valence-electron chi connectivity index (χ4n) is 3.72. The third-order valence-corrected chi connectivity index (χ3v) is 4.86. The zero-order valence-electron chi connectivity index (χ0n) is 10.6. The Morgan fingerprint density at radius 3 is 2.69 bits per heavy atom. The molecule has 92 valence electrons. The van der Waals surface area contributed by atoms with Gasteiger partial charge in [0.2, 0.25) is 0 Å². The van der Waals surface area contributed by atoms with Crippen LogP contribution in [-0.2, 0) is 4.74 Å². The molecule has 0 radical (unpaired) electrons. The number of fused-ring (bicyclic) bond motifs is 1. The summed E-state index contributed by atoms with van der Waals surface area (Å²) >= 11 is 0. The van der Waals surface area contributed by atoms with E-state index in [2.05, 4.69) is 16.7 Å². The van der Waals surface area contributed by atoms with Crippen LogP contribution in [-0.4, -0.2) is 60.8 Å². The summed E-state index contributed by atoms with van der Waals surface area (Å²) in [5.74, 6) is 0. The molecule has 2 heterocycles. The average Bonchev–Trinajstić information content (AvgIpc) is 2.63. The zero-order valence-corrected chi connectivity index (χ0v) is 10.6. The highest BCUT2D eigenvalue weighted by Gasteiger charge is 2.41. The van der Waals surface area contributed by atoms with Crippen molar-refractivity contribution in [1.82, 2.24) is 9.80 Å². The summed E-state index contributed by atoms with van der Waals surface area (Å²) in [5.41, 5.74) is 0. The van der Waals surface area contributed by atoms with E-state index in [9.17, 15) is 0 Å². The summed E-state index contributed by atoms with van der Waals surface area (Å²) in [6.07, 6.45) is 5.89. The monoisotopic (exact) mass is 224 g/mol. The lowest BCUT2D eigenvalue weighted by Gasteiger charge is -2.50. The summed E-state index contributed by atoms with van der Waals surface area (Å²) in [4.78, 5) is 5.45. The molecular weight excluding hydrogens is 200 g/mol. The van der Waals surface area contributed by atoms with Crippen molar-refractivity contribution >= 4 is 0 Å². The van der Waals surface area contributed by atoms with E-state index in [0.717, 1.165) is 18.1 Å². The van der Waals surface area contributed by atoms with Gasteiger partial charge in [-0.15, -0.1) is 0 Å². The maximum absolute atomic E-state index is 5.39. The van der Waals surface area contributed by atoms with Crippen LogP contribution in [0.25, 0.3) is 0 Å². The second kappa shape index (κ2) is 4.28. The topological polar surface area (TPSA) is 15.7 Å². The van der Waals surface area contributed by atoms with Gasteiger partial charge in [0.25, 0.3) is 0 Å². The van der Waals surface area contributed by atoms with Crippen LogP contribution in [0, 0.1) is 0 Å². The normalized spacial score (nSPS) is 45.4. The Kier molecular flexibility index (Phi) is 2.94. The third-order valence-electron chi connectivity index (χ3n) is 4.86. The van der Waals surface area contributed by atoms with Gasteiger partial charge in [-0.1, -0.05) is 0 Å². The van der Waals surface area contributed by atoms with Crippen LogP contribution >= 0.6 is 0 Å². The number of hydrogen-bond acceptors (Lipinski definition) is 3. The maximum Gasteiger partial charge on any atom is 0.0601 e. The number of methoxy groups -OCH3 is 1. The molecule has 3 nitrogen and oxygen atoms in total. The summed E-state index contributed by atoms with van der Waals surface area (Å²) in [7, 11) is 1.85. The molecule has 3 rings (SSSR count). The molecule has 0 amide bonds. The second-order valence-electron chi connectivity index (χ2n) is 5.82.